The zero-order valence-electron chi connectivity index (χ0n) is 11.3. The zero-order valence-corrected chi connectivity index (χ0v) is 12.2. The van der Waals surface area contributed by atoms with Crippen molar-refractivity contribution in [3.63, 3.8) is 0 Å². The lowest BCUT2D eigenvalue weighted by Crippen LogP contribution is -2.21. The lowest BCUT2D eigenvalue weighted by molar-refractivity contribution is 0.588. The Morgan fingerprint density at radius 3 is 2.42 bits per heavy atom. The molecule has 100 valence electrons. The molecule has 0 unspecified atom stereocenters. The Labute approximate surface area is 118 Å². The van der Waals surface area contributed by atoms with Crippen molar-refractivity contribution in [1.29, 1.82) is 0 Å². The van der Waals surface area contributed by atoms with E-state index in [1.165, 1.54) is 10.5 Å². The van der Waals surface area contributed by atoms with Crippen molar-refractivity contribution in [3.05, 3.63) is 54.1 Å². The van der Waals surface area contributed by atoms with Crippen molar-refractivity contribution in [2.45, 2.75) is 37.1 Å². The number of rotatable bonds is 6. The normalized spacial score (nSPS) is 10.9. The molecule has 2 rings (SSSR count). The van der Waals surface area contributed by atoms with Crippen molar-refractivity contribution in [1.82, 2.24) is 15.3 Å². The summed E-state index contributed by atoms with van der Waals surface area (Å²) in [6.07, 6.45) is 3.56. The van der Waals surface area contributed by atoms with Gasteiger partial charge < -0.3 is 5.32 Å². The molecule has 3 nitrogen and oxygen atoms in total. The van der Waals surface area contributed by atoms with Gasteiger partial charge in [-0.25, -0.2) is 9.97 Å². The van der Waals surface area contributed by atoms with Gasteiger partial charge in [-0.2, -0.15) is 0 Å². The van der Waals surface area contributed by atoms with Gasteiger partial charge in [0.2, 0.25) is 0 Å². The maximum absolute atomic E-state index is 4.22. The van der Waals surface area contributed by atoms with E-state index in [4.69, 9.17) is 0 Å². The Balaban J connectivity index is 1.85. The third kappa shape index (κ3) is 5.01. The van der Waals surface area contributed by atoms with Gasteiger partial charge in [-0.05, 0) is 23.8 Å². The third-order valence-electron chi connectivity index (χ3n) is 2.62. The molecule has 1 heterocycles. The summed E-state index contributed by atoms with van der Waals surface area (Å²) in [6.45, 7) is 5.23. The first-order chi connectivity index (χ1) is 9.24. The fraction of sp³-hybridized carbons (Fsp3) is 0.333. The number of nitrogens with zero attached hydrogens (tertiary/aromatic N) is 2. The Kier molecular flexibility index (Phi) is 5.36. The van der Waals surface area contributed by atoms with Gasteiger partial charge in [-0.15, -0.1) is 11.8 Å². The minimum atomic E-state index is 0.518. The molecular formula is C15H19N3S. The molecular weight excluding hydrogens is 254 g/mol. The molecule has 0 bridgehead atoms. The molecule has 0 aliphatic heterocycles. The lowest BCUT2D eigenvalue weighted by Gasteiger charge is -2.08. The molecule has 0 aliphatic rings. The first-order valence-corrected chi connectivity index (χ1v) is 7.43. The molecule has 0 saturated heterocycles. The van der Waals surface area contributed by atoms with Crippen LogP contribution in [-0.4, -0.2) is 16.0 Å². The molecule has 1 N–H and O–H groups in total. The Morgan fingerprint density at radius 1 is 1.11 bits per heavy atom. The summed E-state index contributed by atoms with van der Waals surface area (Å²) in [5, 5.41) is 3.41. The molecule has 19 heavy (non-hydrogen) atoms. The van der Waals surface area contributed by atoms with E-state index in [0.29, 0.717) is 6.04 Å². The van der Waals surface area contributed by atoms with Crippen LogP contribution in [0.4, 0.5) is 0 Å². The van der Waals surface area contributed by atoms with E-state index in [0.717, 1.165) is 18.1 Å². The van der Waals surface area contributed by atoms with Crippen LogP contribution in [0, 0.1) is 0 Å². The van der Waals surface area contributed by atoms with Crippen LogP contribution in [0.15, 0.2) is 47.6 Å². The second kappa shape index (κ2) is 7.26. The molecule has 0 spiro atoms. The predicted octanol–water partition coefficient (Wildman–Crippen LogP) is 3.27. The molecule has 0 fully saturated rings. The summed E-state index contributed by atoms with van der Waals surface area (Å²) in [4.78, 5) is 9.69. The van der Waals surface area contributed by atoms with Crippen molar-refractivity contribution in [2.24, 2.45) is 0 Å². The number of benzene rings is 1. The van der Waals surface area contributed by atoms with E-state index in [9.17, 15) is 0 Å². The van der Waals surface area contributed by atoms with Crippen LogP contribution >= 0.6 is 11.8 Å². The summed E-state index contributed by atoms with van der Waals surface area (Å²) in [5.74, 6) is 1.68. The van der Waals surface area contributed by atoms with Gasteiger partial charge in [0.15, 0.2) is 0 Å². The van der Waals surface area contributed by atoms with Gasteiger partial charge in [-0.1, -0.05) is 26.0 Å². The van der Waals surface area contributed by atoms with Crippen LogP contribution in [0.3, 0.4) is 0 Å². The highest BCUT2D eigenvalue weighted by molar-refractivity contribution is 7.98. The standard InChI is InChI=1S/C15H19N3S/c1-12(2)18-10-13-4-6-14(7-5-13)19-11-15-16-8-3-9-17-15/h3-9,12,18H,10-11H2,1-2H3. The van der Waals surface area contributed by atoms with E-state index in [-0.39, 0.29) is 0 Å². The number of hydrogen-bond donors (Lipinski definition) is 1. The highest BCUT2D eigenvalue weighted by Crippen LogP contribution is 2.21. The van der Waals surface area contributed by atoms with Gasteiger partial charge in [-0.3, -0.25) is 0 Å². The van der Waals surface area contributed by atoms with Gasteiger partial charge in [0, 0.05) is 29.9 Å². The van der Waals surface area contributed by atoms with Crippen molar-refractivity contribution < 1.29 is 0 Å². The zero-order chi connectivity index (χ0) is 13.5. The molecule has 1 aromatic carbocycles. The number of nitrogens with one attached hydrogen (secondary N) is 1. The predicted molar refractivity (Wildman–Crippen MR) is 80.0 cm³/mol. The monoisotopic (exact) mass is 273 g/mol. The molecule has 0 aliphatic carbocycles. The summed E-state index contributed by atoms with van der Waals surface area (Å²) in [5.41, 5.74) is 1.31. The smallest absolute Gasteiger partial charge is 0.138 e. The average Bonchev–Trinajstić information content (AvgIpc) is 2.45. The van der Waals surface area contributed by atoms with Crippen LogP contribution in [0.25, 0.3) is 0 Å². The summed E-state index contributed by atoms with van der Waals surface area (Å²) in [7, 11) is 0. The minimum absolute atomic E-state index is 0.518. The Morgan fingerprint density at radius 2 is 1.79 bits per heavy atom. The molecule has 0 saturated carbocycles. The van der Waals surface area contributed by atoms with Crippen molar-refractivity contribution >= 4 is 11.8 Å². The molecule has 0 amide bonds. The largest absolute Gasteiger partial charge is 0.310 e. The fourth-order valence-corrected chi connectivity index (χ4v) is 2.35. The van der Waals surface area contributed by atoms with Gasteiger partial charge in [0.25, 0.3) is 0 Å². The molecule has 2 aromatic rings. The lowest BCUT2D eigenvalue weighted by atomic mass is 10.2. The first kappa shape index (κ1) is 14.0. The maximum Gasteiger partial charge on any atom is 0.138 e. The van der Waals surface area contributed by atoms with Gasteiger partial charge in [0.05, 0.1) is 5.75 Å². The molecule has 1 aromatic heterocycles. The number of hydrogen-bond acceptors (Lipinski definition) is 4. The maximum atomic E-state index is 4.22. The first-order valence-electron chi connectivity index (χ1n) is 6.45. The number of aromatic nitrogens is 2. The third-order valence-corrected chi connectivity index (χ3v) is 3.63. The van der Waals surface area contributed by atoms with E-state index in [1.807, 2.05) is 6.07 Å². The minimum Gasteiger partial charge on any atom is -0.310 e. The average molecular weight is 273 g/mol. The van der Waals surface area contributed by atoms with Crippen LogP contribution in [0.1, 0.15) is 25.2 Å². The fourth-order valence-electron chi connectivity index (χ4n) is 1.58. The quantitative estimate of drug-likeness (QED) is 0.820. The highest BCUT2D eigenvalue weighted by Gasteiger charge is 1.99. The van der Waals surface area contributed by atoms with Crippen LogP contribution < -0.4 is 5.32 Å². The molecule has 0 atom stereocenters. The molecule has 4 heteroatoms. The molecule has 0 radical (unpaired) electrons. The SMILES string of the molecule is CC(C)NCc1ccc(SCc2ncccn2)cc1. The van der Waals surface area contributed by atoms with Gasteiger partial charge >= 0.3 is 0 Å². The van der Waals surface area contributed by atoms with Crippen molar-refractivity contribution in [3.8, 4) is 0 Å². The number of thioether (sulfide) groups is 1. The second-order valence-electron chi connectivity index (χ2n) is 4.63. The van der Waals surface area contributed by atoms with Crippen LogP contribution in [-0.2, 0) is 12.3 Å². The second-order valence-corrected chi connectivity index (χ2v) is 5.68. The topological polar surface area (TPSA) is 37.8 Å². The Bertz CT molecular complexity index is 483. The summed E-state index contributed by atoms with van der Waals surface area (Å²) >= 11 is 1.76. The Hall–Kier alpha value is -1.39. The van der Waals surface area contributed by atoms with Gasteiger partial charge in [0.1, 0.15) is 5.82 Å². The summed E-state index contributed by atoms with van der Waals surface area (Å²) in [6, 6.07) is 11.0. The van der Waals surface area contributed by atoms with Crippen LogP contribution in [0.5, 0.6) is 0 Å². The van der Waals surface area contributed by atoms with Crippen LogP contribution in [0.2, 0.25) is 0 Å². The van der Waals surface area contributed by atoms with E-state index < -0.39 is 0 Å². The van der Waals surface area contributed by atoms with E-state index >= 15 is 0 Å². The van der Waals surface area contributed by atoms with E-state index in [1.54, 1.807) is 24.2 Å². The summed E-state index contributed by atoms with van der Waals surface area (Å²) < 4.78 is 0. The highest BCUT2D eigenvalue weighted by atomic mass is 32.2. The van der Waals surface area contributed by atoms with Crippen molar-refractivity contribution in [2.75, 3.05) is 0 Å². The van der Waals surface area contributed by atoms with E-state index in [2.05, 4.69) is 53.4 Å².